The first-order chi connectivity index (χ1) is 13.6. The van der Waals surface area contributed by atoms with Crippen LogP contribution in [0.15, 0.2) is 73.1 Å². The molecule has 6 nitrogen and oxygen atoms in total. The Morgan fingerprint density at radius 3 is 2.39 bits per heavy atom. The lowest BCUT2D eigenvalue weighted by molar-refractivity contribution is 0.0939. The molecule has 0 aliphatic carbocycles. The largest absolute Gasteiger partial charge is 0.345 e. The normalized spacial score (nSPS) is 11.1. The minimum absolute atomic E-state index is 0.181. The maximum Gasteiger partial charge on any atom is 0.257 e. The van der Waals surface area contributed by atoms with Crippen molar-refractivity contribution in [3.05, 3.63) is 95.3 Å². The van der Waals surface area contributed by atoms with E-state index in [1.165, 1.54) is 18.5 Å². The van der Waals surface area contributed by atoms with Gasteiger partial charge in [0.2, 0.25) is 0 Å². The van der Waals surface area contributed by atoms with Crippen LogP contribution < -0.4 is 10.6 Å². The molecule has 2 N–H and O–H groups in total. The Morgan fingerprint density at radius 2 is 1.68 bits per heavy atom. The number of nitrogens with one attached hydrogen (secondary N) is 2. The molecule has 1 unspecified atom stereocenters. The van der Waals surface area contributed by atoms with E-state index in [4.69, 9.17) is 5.26 Å². The average Bonchev–Trinajstić information content (AvgIpc) is 2.74. The molecule has 28 heavy (non-hydrogen) atoms. The van der Waals surface area contributed by atoms with Gasteiger partial charge in [-0.1, -0.05) is 36.4 Å². The van der Waals surface area contributed by atoms with Gasteiger partial charge in [0.1, 0.15) is 0 Å². The minimum atomic E-state index is -0.409. The number of pyridine rings is 1. The summed E-state index contributed by atoms with van der Waals surface area (Å²) >= 11 is 0. The summed E-state index contributed by atoms with van der Waals surface area (Å²) in [4.78, 5) is 29.0. The van der Waals surface area contributed by atoms with Crippen molar-refractivity contribution < 1.29 is 9.59 Å². The fraction of sp³-hybridized carbons (Fsp3) is 0.0909. The van der Waals surface area contributed by atoms with E-state index < -0.39 is 5.91 Å². The molecule has 0 aliphatic heterocycles. The van der Waals surface area contributed by atoms with Crippen molar-refractivity contribution in [1.82, 2.24) is 10.3 Å². The molecule has 1 heterocycles. The van der Waals surface area contributed by atoms with Crippen LogP contribution in [0.25, 0.3) is 0 Å². The molecule has 0 bridgehead atoms. The molecule has 2 aromatic carbocycles. The number of carbonyl (C=O) groups is 2. The maximum atomic E-state index is 12.5. The van der Waals surface area contributed by atoms with Gasteiger partial charge in [-0.2, -0.15) is 5.26 Å². The summed E-state index contributed by atoms with van der Waals surface area (Å²) in [6.07, 6.45) is 2.81. The lowest BCUT2D eigenvalue weighted by Crippen LogP contribution is -2.27. The highest BCUT2D eigenvalue weighted by Gasteiger charge is 2.14. The predicted molar refractivity (Wildman–Crippen MR) is 106 cm³/mol. The molecule has 1 aromatic heterocycles. The van der Waals surface area contributed by atoms with Crippen LogP contribution in [-0.4, -0.2) is 16.8 Å². The van der Waals surface area contributed by atoms with Crippen LogP contribution in [0, 0.1) is 11.3 Å². The zero-order valence-corrected chi connectivity index (χ0v) is 15.2. The highest BCUT2D eigenvalue weighted by molar-refractivity contribution is 6.05. The van der Waals surface area contributed by atoms with Crippen LogP contribution >= 0.6 is 0 Å². The second kappa shape index (κ2) is 8.60. The Balaban J connectivity index is 1.71. The summed E-state index contributed by atoms with van der Waals surface area (Å²) in [6.45, 7) is 1.89. The monoisotopic (exact) mass is 370 g/mol. The van der Waals surface area contributed by atoms with Crippen LogP contribution in [0.2, 0.25) is 0 Å². The van der Waals surface area contributed by atoms with E-state index in [-0.39, 0.29) is 17.5 Å². The second-order valence-corrected chi connectivity index (χ2v) is 6.21. The summed E-state index contributed by atoms with van der Waals surface area (Å²) in [7, 11) is 0. The molecule has 0 fully saturated rings. The molecule has 0 radical (unpaired) electrons. The average molecular weight is 370 g/mol. The van der Waals surface area contributed by atoms with Crippen LogP contribution in [0.4, 0.5) is 5.69 Å². The van der Waals surface area contributed by atoms with Crippen LogP contribution in [0.3, 0.4) is 0 Å². The molecular formula is C22H18N4O2. The molecule has 1 atom stereocenters. The number of anilines is 1. The van der Waals surface area contributed by atoms with Gasteiger partial charge in [-0.05, 0) is 36.8 Å². The van der Waals surface area contributed by atoms with Crippen molar-refractivity contribution in [3.8, 4) is 6.07 Å². The molecule has 0 saturated heterocycles. The molecule has 138 valence electrons. The Morgan fingerprint density at radius 1 is 0.964 bits per heavy atom. The third kappa shape index (κ3) is 4.59. The fourth-order valence-corrected chi connectivity index (χ4v) is 2.66. The van der Waals surface area contributed by atoms with E-state index >= 15 is 0 Å². The molecular weight excluding hydrogens is 352 g/mol. The predicted octanol–water partition coefficient (Wildman–Crippen LogP) is 3.70. The number of aromatic nitrogens is 1. The van der Waals surface area contributed by atoms with Crippen molar-refractivity contribution in [2.45, 2.75) is 13.0 Å². The number of nitriles is 1. The van der Waals surface area contributed by atoms with E-state index in [0.717, 1.165) is 5.56 Å². The van der Waals surface area contributed by atoms with E-state index in [0.29, 0.717) is 16.8 Å². The number of hydrogen-bond acceptors (Lipinski definition) is 4. The smallest absolute Gasteiger partial charge is 0.257 e. The molecule has 3 aromatic rings. The number of hydrogen-bond donors (Lipinski definition) is 2. The highest BCUT2D eigenvalue weighted by atomic mass is 16.2. The van der Waals surface area contributed by atoms with Crippen LogP contribution in [0.5, 0.6) is 0 Å². The van der Waals surface area contributed by atoms with Crippen molar-refractivity contribution in [1.29, 1.82) is 5.26 Å². The standard InChI is InChI=1S/C22H18N4O2/c1-15(17-7-3-2-4-8-17)25-21(27)18-11-19(14-24-13-18)22(28)26-20-9-5-6-16(10-20)12-23/h2-11,13-15H,1H3,(H,25,27)(H,26,28). The highest BCUT2D eigenvalue weighted by Crippen LogP contribution is 2.14. The van der Waals surface area contributed by atoms with Gasteiger partial charge in [-0.3, -0.25) is 14.6 Å². The fourth-order valence-electron chi connectivity index (χ4n) is 2.66. The zero-order valence-electron chi connectivity index (χ0n) is 15.2. The molecule has 3 rings (SSSR count). The quantitative estimate of drug-likeness (QED) is 0.716. The van der Waals surface area contributed by atoms with Crippen molar-refractivity contribution in [2.75, 3.05) is 5.32 Å². The first-order valence-corrected chi connectivity index (χ1v) is 8.69. The van der Waals surface area contributed by atoms with Gasteiger partial charge < -0.3 is 10.6 Å². The molecule has 0 spiro atoms. The summed E-state index contributed by atoms with van der Waals surface area (Å²) in [5, 5.41) is 14.5. The van der Waals surface area contributed by atoms with Gasteiger partial charge in [0.05, 0.1) is 28.8 Å². The van der Waals surface area contributed by atoms with Gasteiger partial charge in [-0.15, -0.1) is 0 Å². The van der Waals surface area contributed by atoms with Crippen LogP contribution in [0.1, 0.15) is 44.8 Å². The SMILES string of the molecule is CC(NC(=O)c1cncc(C(=O)Nc2cccc(C#N)c2)c1)c1ccccc1. The summed E-state index contributed by atoms with van der Waals surface area (Å²) in [5.74, 6) is -0.724. The molecule has 2 amide bonds. The van der Waals surface area contributed by atoms with Gasteiger partial charge in [-0.25, -0.2) is 0 Å². The third-order valence-electron chi connectivity index (χ3n) is 4.16. The summed E-state index contributed by atoms with van der Waals surface area (Å²) in [6, 6.07) is 19.5. The van der Waals surface area contributed by atoms with Gasteiger partial charge in [0.25, 0.3) is 11.8 Å². The Kier molecular flexibility index (Phi) is 5.78. The topological polar surface area (TPSA) is 94.9 Å². The number of nitrogens with zero attached hydrogens (tertiary/aromatic N) is 2. The second-order valence-electron chi connectivity index (χ2n) is 6.21. The van der Waals surface area contributed by atoms with Crippen LogP contribution in [-0.2, 0) is 0 Å². The molecule has 0 aliphatic rings. The van der Waals surface area contributed by atoms with Gasteiger partial charge in [0, 0.05) is 18.1 Å². The lowest BCUT2D eigenvalue weighted by atomic mass is 10.1. The van der Waals surface area contributed by atoms with E-state index in [1.54, 1.807) is 24.3 Å². The zero-order chi connectivity index (χ0) is 19.9. The summed E-state index contributed by atoms with van der Waals surface area (Å²) < 4.78 is 0. The Labute approximate surface area is 162 Å². The van der Waals surface area contributed by atoms with Gasteiger partial charge >= 0.3 is 0 Å². The Hall–Kier alpha value is -3.98. The van der Waals surface area contributed by atoms with E-state index in [1.807, 2.05) is 43.3 Å². The Bertz CT molecular complexity index is 1040. The number of carbonyl (C=O) groups excluding carboxylic acids is 2. The van der Waals surface area contributed by atoms with E-state index in [9.17, 15) is 9.59 Å². The van der Waals surface area contributed by atoms with Crippen molar-refractivity contribution >= 4 is 17.5 Å². The molecule has 0 saturated carbocycles. The van der Waals surface area contributed by atoms with Crippen molar-refractivity contribution in [2.24, 2.45) is 0 Å². The maximum absolute atomic E-state index is 12.5. The summed E-state index contributed by atoms with van der Waals surface area (Å²) in [5.41, 5.74) is 2.47. The number of amides is 2. The number of benzene rings is 2. The third-order valence-corrected chi connectivity index (χ3v) is 4.16. The van der Waals surface area contributed by atoms with E-state index in [2.05, 4.69) is 15.6 Å². The van der Waals surface area contributed by atoms with Crippen molar-refractivity contribution in [3.63, 3.8) is 0 Å². The first-order valence-electron chi connectivity index (χ1n) is 8.69. The van der Waals surface area contributed by atoms with Gasteiger partial charge in [0.15, 0.2) is 0 Å². The minimum Gasteiger partial charge on any atom is -0.345 e. The first kappa shape index (κ1) is 18.8. The number of rotatable bonds is 5. The molecule has 6 heteroatoms. The lowest BCUT2D eigenvalue weighted by Gasteiger charge is -2.14.